The van der Waals surface area contributed by atoms with Crippen molar-refractivity contribution in [2.45, 2.75) is 47.0 Å². The van der Waals surface area contributed by atoms with Crippen molar-refractivity contribution in [2.24, 2.45) is 0 Å². The Morgan fingerprint density at radius 3 is 1.95 bits per heavy atom. The van der Waals surface area contributed by atoms with Crippen molar-refractivity contribution in [3.05, 3.63) is 217 Å². The van der Waals surface area contributed by atoms with E-state index in [4.69, 9.17) is 0 Å². The van der Waals surface area contributed by atoms with Crippen molar-refractivity contribution >= 4 is 50.5 Å². The second kappa shape index (κ2) is 16.9. The number of hydrogen-bond donors (Lipinski definition) is 0. The van der Waals surface area contributed by atoms with Crippen LogP contribution in [0.3, 0.4) is 0 Å². The molecule has 0 atom stereocenters. The highest BCUT2D eigenvalue weighted by Gasteiger charge is 2.39. The van der Waals surface area contributed by atoms with Crippen molar-refractivity contribution in [3.63, 3.8) is 0 Å². The van der Waals surface area contributed by atoms with Gasteiger partial charge in [0, 0.05) is 57.2 Å². The van der Waals surface area contributed by atoms with Gasteiger partial charge in [-0.25, -0.2) is 0 Å². The monoisotopic (exact) mass is 765 g/mol. The van der Waals surface area contributed by atoms with Gasteiger partial charge in [0.15, 0.2) is 0 Å². The number of nitrogens with zero attached hydrogens (tertiary/aromatic N) is 3. The summed E-state index contributed by atoms with van der Waals surface area (Å²) in [6, 6.07) is 61.9. The number of para-hydroxylation sites is 1. The Morgan fingerprint density at radius 2 is 1.19 bits per heavy atom. The second-order valence-electron chi connectivity index (χ2n) is 15.2. The Bertz CT molecular complexity index is 2800. The molecule has 0 amide bonds. The lowest BCUT2D eigenvalue weighted by Gasteiger charge is -2.33. The molecule has 9 rings (SSSR count). The summed E-state index contributed by atoms with van der Waals surface area (Å²) in [5.41, 5.74) is 16.2. The number of fused-ring (bicyclic) bond motifs is 4. The Morgan fingerprint density at radius 1 is 0.525 bits per heavy atom. The third-order valence-corrected chi connectivity index (χ3v) is 11.3. The largest absolute Gasteiger partial charge is 0.310 e. The second-order valence-corrected chi connectivity index (χ2v) is 15.2. The maximum atomic E-state index is 4.43. The zero-order chi connectivity index (χ0) is 40.9. The average molecular weight is 766 g/mol. The molecule has 0 saturated heterocycles. The summed E-state index contributed by atoms with van der Waals surface area (Å²) in [7, 11) is 0. The van der Waals surface area contributed by atoms with Crippen LogP contribution < -0.4 is 9.80 Å². The summed E-state index contributed by atoms with van der Waals surface area (Å²) in [6.07, 6.45) is 10.3. The van der Waals surface area contributed by atoms with Gasteiger partial charge in [-0.15, -0.1) is 0 Å². The topological polar surface area (TPSA) is 19.4 Å². The van der Waals surface area contributed by atoms with Crippen LogP contribution in [0.4, 0.5) is 34.1 Å². The molecule has 0 N–H and O–H groups in total. The highest BCUT2D eigenvalue weighted by molar-refractivity contribution is 6.00. The zero-order valence-corrected chi connectivity index (χ0v) is 34.9. The summed E-state index contributed by atoms with van der Waals surface area (Å²) < 4.78 is 0. The maximum Gasteiger partial charge on any atom is 0.0564 e. The van der Waals surface area contributed by atoms with Crippen LogP contribution in [-0.2, 0) is 5.41 Å². The van der Waals surface area contributed by atoms with Gasteiger partial charge in [0.25, 0.3) is 0 Å². The standard InChI is InChI=1S/C54H45N3.C2H6/c1-5-17-38(6-2)40-20-15-25-46(32-40)57(47-29-28-43-37-55-31-30-42(43)34-47)52-36-48(35-51-53(52)49-26-13-14-27-50(49)54(51,3)4)56(44-22-11-8-12-23-44)45-24-16-21-41(33-45)39-18-9-7-10-19-39;1-2/h5-37H,1-4H3;1-2H3/b17-5-,38-6+;. The van der Waals surface area contributed by atoms with Crippen LogP contribution in [0.2, 0.25) is 0 Å². The van der Waals surface area contributed by atoms with Crippen LogP contribution in [0.25, 0.3) is 38.6 Å². The van der Waals surface area contributed by atoms with Gasteiger partial charge in [-0.2, -0.15) is 0 Å². The predicted molar refractivity (Wildman–Crippen MR) is 254 cm³/mol. The van der Waals surface area contributed by atoms with Crippen LogP contribution in [0.5, 0.6) is 0 Å². The quantitative estimate of drug-likeness (QED) is 0.136. The van der Waals surface area contributed by atoms with E-state index < -0.39 is 0 Å². The smallest absolute Gasteiger partial charge is 0.0564 e. The first kappa shape index (κ1) is 38.9. The lowest BCUT2D eigenvalue weighted by atomic mass is 9.82. The van der Waals surface area contributed by atoms with E-state index >= 15 is 0 Å². The van der Waals surface area contributed by atoms with Crippen LogP contribution in [0, 0.1) is 0 Å². The average Bonchev–Trinajstić information content (AvgIpc) is 3.53. The number of anilines is 6. The molecule has 0 radical (unpaired) electrons. The lowest BCUT2D eigenvalue weighted by molar-refractivity contribution is 0.660. The predicted octanol–water partition coefficient (Wildman–Crippen LogP) is 16.2. The van der Waals surface area contributed by atoms with Gasteiger partial charge in [0.2, 0.25) is 0 Å². The Hall–Kier alpha value is -6.97. The van der Waals surface area contributed by atoms with Gasteiger partial charge in [-0.3, -0.25) is 4.98 Å². The van der Waals surface area contributed by atoms with Crippen molar-refractivity contribution in [2.75, 3.05) is 9.80 Å². The fourth-order valence-corrected chi connectivity index (χ4v) is 8.56. The molecule has 3 nitrogen and oxygen atoms in total. The first-order valence-corrected chi connectivity index (χ1v) is 20.8. The van der Waals surface area contributed by atoms with Crippen molar-refractivity contribution in [3.8, 4) is 22.3 Å². The molecule has 1 aliphatic rings. The Balaban J connectivity index is 0.00000238. The van der Waals surface area contributed by atoms with Crippen molar-refractivity contribution in [1.29, 1.82) is 0 Å². The molecule has 0 saturated carbocycles. The molecule has 7 aromatic carbocycles. The number of pyridine rings is 1. The SMILES string of the molecule is C/C=C\C(=C/C)c1cccc(N(c2ccc3cnccc3c2)c2cc(N(c3ccccc3)c3cccc(-c4ccccc4)c3)cc3c2-c2ccccc2C3(C)C)c1.CC. The number of benzene rings is 7. The van der Waals surface area contributed by atoms with Gasteiger partial charge in [0.05, 0.1) is 5.69 Å². The summed E-state index contributed by atoms with van der Waals surface area (Å²) in [4.78, 5) is 9.32. The van der Waals surface area contributed by atoms with E-state index in [9.17, 15) is 0 Å². The Kier molecular flexibility index (Phi) is 11.1. The minimum absolute atomic E-state index is 0.252. The molecule has 3 heteroatoms. The number of aromatic nitrogens is 1. The minimum Gasteiger partial charge on any atom is -0.310 e. The molecule has 0 bridgehead atoms. The number of rotatable bonds is 9. The normalized spacial score (nSPS) is 12.7. The van der Waals surface area contributed by atoms with Crippen LogP contribution in [0.15, 0.2) is 200 Å². The van der Waals surface area contributed by atoms with E-state index in [1.165, 1.54) is 44.5 Å². The van der Waals surface area contributed by atoms with Crippen molar-refractivity contribution in [1.82, 2.24) is 4.98 Å². The molecule has 1 aliphatic carbocycles. The maximum absolute atomic E-state index is 4.43. The van der Waals surface area contributed by atoms with Gasteiger partial charge >= 0.3 is 0 Å². The molecule has 0 spiro atoms. The minimum atomic E-state index is -0.252. The van der Waals surface area contributed by atoms with Gasteiger partial charge in [0.1, 0.15) is 0 Å². The number of allylic oxidation sites excluding steroid dienone is 4. The van der Waals surface area contributed by atoms with E-state index in [1.54, 1.807) is 0 Å². The van der Waals surface area contributed by atoms with Crippen LogP contribution in [-0.4, -0.2) is 4.98 Å². The Labute approximate surface area is 350 Å². The molecule has 290 valence electrons. The fourth-order valence-electron chi connectivity index (χ4n) is 8.56. The third-order valence-electron chi connectivity index (χ3n) is 11.3. The van der Waals surface area contributed by atoms with Gasteiger partial charge in [-0.05, 0) is 125 Å². The third kappa shape index (κ3) is 7.37. The van der Waals surface area contributed by atoms with Crippen LogP contribution >= 0.6 is 0 Å². The summed E-state index contributed by atoms with van der Waals surface area (Å²) in [5.74, 6) is 0. The molecule has 8 aromatic rings. The van der Waals surface area contributed by atoms with Crippen LogP contribution in [0.1, 0.15) is 58.2 Å². The molecule has 1 heterocycles. The van der Waals surface area contributed by atoms with E-state index in [1.807, 2.05) is 26.2 Å². The molecule has 1 aromatic heterocycles. The summed E-state index contributed by atoms with van der Waals surface area (Å²) in [5, 5.41) is 2.25. The van der Waals surface area contributed by atoms with E-state index in [2.05, 4.69) is 231 Å². The molecule has 0 aliphatic heterocycles. The molecular formula is C56H51N3. The highest BCUT2D eigenvalue weighted by atomic mass is 15.2. The summed E-state index contributed by atoms with van der Waals surface area (Å²) >= 11 is 0. The first-order valence-electron chi connectivity index (χ1n) is 20.8. The first-order chi connectivity index (χ1) is 28.9. The van der Waals surface area contributed by atoms with E-state index in [0.717, 1.165) is 44.9 Å². The zero-order valence-electron chi connectivity index (χ0n) is 34.9. The molecule has 0 fully saturated rings. The van der Waals surface area contributed by atoms with Gasteiger partial charge < -0.3 is 9.80 Å². The van der Waals surface area contributed by atoms with Gasteiger partial charge in [-0.1, -0.05) is 149 Å². The highest BCUT2D eigenvalue weighted by Crippen LogP contribution is 2.56. The lowest BCUT2D eigenvalue weighted by Crippen LogP contribution is -2.18. The number of hydrogen-bond acceptors (Lipinski definition) is 3. The van der Waals surface area contributed by atoms with E-state index in [-0.39, 0.29) is 5.41 Å². The molecule has 59 heavy (non-hydrogen) atoms. The molecular weight excluding hydrogens is 715 g/mol. The summed E-state index contributed by atoms with van der Waals surface area (Å²) in [6.45, 7) is 12.9. The van der Waals surface area contributed by atoms with E-state index in [0.29, 0.717) is 0 Å². The molecule has 0 unspecified atom stereocenters. The fraction of sp³-hybridized carbons (Fsp3) is 0.125. The van der Waals surface area contributed by atoms with Crippen molar-refractivity contribution < 1.29 is 0 Å².